The van der Waals surface area contributed by atoms with Crippen LogP contribution in [0.5, 0.6) is 0 Å². The maximum atomic E-state index is 2.54. The van der Waals surface area contributed by atoms with E-state index >= 15 is 0 Å². The van der Waals surface area contributed by atoms with Crippen LogP contribution in [0, 0.1) is 6.92 Å². The Hall–Kier alpha value is -5.92. The largest absolute Gasteiger partial charge is 0.309 e. The molecule has 0 amide bonds. The van der Waals surface area contributed by atoms with Crippen LogP contribution in [-0.2, 0) is 5.41 Å². The quantitative estimate of drug-likeness (QED) is 0.192. The molecule has 8 aromatic carbocycles. The van der Waals surface area contributed by atoms with E-state index in [1.807, 2.05) is 0 Å². The third-order valence-corrected chi connectivity index (χ3v) is 10.5. The molecule has 0 fully saturated rings. The fourth-order valence-electron chi connectivity index (χ4n) is 8.56. The first-order valence-corrected chi connectivity index (χ1v) is 16.4. The molecule has 0 N–H and O–H groups in total. The summed E-state index contributed by atoms with van der Waals surface area (Å²) in [5.74, 6) is 0. The molecule has 220 valence electrons. The van der Waals surface area contributed by atoms with Gasteiger partial charge >= 0.3 is 0 Å². The van der Waals surface area contributed by atoms with Gasteiger partial charge in [-0.1, -0.05) is 157 Å². The molecule has 1 heterocycles. The average Bonchev–Trinajstić information content (AvgIpc) is 3.42. The molecule has 0 bridgehead atoms. The highest BCUT2D eigenvalue weighted by Crippen LogP contribution is 2.65. The van der Waals surface area contributed by atoms with Gasteiger partial charge in [0.25, 0.3) is 0 Å². The fraction of sp³-hybridized carbons (Fsp3) is 0.0435. The van der Waals surface area contributed by atoms with Crippen LogP contribution in [0.2, 0.25) is 0 Å². The van der Waals surface area contributed by atoms with Gasteiger partial charge in [0.1, 0.15) is 0 Å². The number of aryl methyl sites for hydroxylation is 1. The van der Waals surface area contributed by atoms with Crippen molar-refractivity contribution >= 4 is 38.6 Å². The lowest BCUT2D eigenvalue weighted by Crippen LogP contribution is -2.36. The monoisotopic (exact) mass is 597 g/mol. The summed E-state index contributed by atoms with van der Waals surface area (Å²) < 4.78 is 0. The Bertz CT molecular complexity index is 2450. The summed E-state index contributed by atoms with van der Waals surface area (Å²) in [4.78, 5) is 2.54. The van der Waals surface area contributed by atoms with Crippen molar-refractivity contribution in [1.29, 1.82) is 0 Å². The standard InChI is InChI=1S/C46H31N/c1-30-12-11-15-33(28-30)34-24-25-41-39(29-34)38-20-9-10-21-40(38)46(41)42-26-22-31-13-5-7-18-36(31)44(42)47(35-16-3-2-4-17-35)45-37-19-8-6-14-32(37)23-27-43(45)46/h2-29H,1H3. The van der Waals surface area contributed by atoms with Gasteiger partial charge in [-0.05, 0) is 80.4 Å². The summed E-state index contributed by atoms with van der Waals surface area (Å²) >= 11 is 0. The minimum Gasteiger partial charge on any atom is -0.309 e. The van der Waals surface area contributed by atoms with E-state index in [1.54, 1.807) is 0 Å². The summed E-state index contributed by atoms with van der Waals surface area (Å²) in [5.41, 5.74) is 14.9. The molecule has 0 saturated heterocycles. The van der Waals surface area contributed by atoms with Crippen LogP contribution in [0.15, 0.2) is 170 Å². The highest BCUT2D eigenvalue weighted by molar-refractivity contribution is 6.11. The normalized spacial score (nSPS) is 13.8. The molecule has 1 aliphatic carbocycles. The van der Waals surface area contributed by atoms with Crippen molar-refractivity contribution in [3.8, 4) is 22.3 Å². The van der Waals surface area contributed by atoms with Gasteiger partial charge < -0.3 is 4.90 Å². The third-order valence-electron chi connectivity index (χ3n) is 10.5. The molecule has 0 unspecified atom stereocenters. The predicted octanol–water partition coefficient (Wildman–Crippen LogP) is 12.1. The molecule has 1 spiro atoms. The molecule has 1 heteroatoms. The first-order chi connectivity index (χ1) is 23.2. The third kappa shape index (κ3) is 3.54. The van der Waals surface area contributed by atoms with Crippen molar-refractivity contribution in [2.75, 3.05) is 4.90 Å². The Balaban J connectivity index is 1.40. The summed E-state index contributed by atoms with van der Waals surface area (Å²) in [6.45, 7) is 2.17. The number of fused-ring (bicyclic) bond motifs is 13. The van der Waals surface area contributed by atoms with E-state index in [1.165, 1.54) is 88.7 Å². The lowest BCUT2D eigenvalue weighted by molar-refractivity contribution is 0.756. The minimum atomic E-state index is -0.499. The number of rotatable bonds is 2. The van der Waals surface area contributed by atoms with Gasteiger partial charge in [0.15, 0.2) is 0 Å². The zero-order valence-electron chi connectivity index (χ0n) is 26.1. The van der Waals surface area contributed by atoms with Gasteiger partial charge in [0, 0.05) is 16.5 Å². The molecule has 2 aliphatic rings. The van der Waals surface area contributed by atoms with Gasteiger partial charge in [0.2, 0.25) is 0 Å². The van der Waals surface area contributed by atoms with Crippen molar-refractivity contribution in [3.05, 3.63) is 198 Å². The van der Waals surface area contributed by atoms with Crippen LogP contribution in [0.25, 0.3) is 43.8 Å². The molecule has 0 aromatic heterocycles. The molecule has 0 radical (unpaired) electrons. The van der Waals surface area contributed by atoms with E-state index in [4.69, 9.17) is 0 Å². The lowest BCUT2D eigenvalue weighted by atomic mass is 9.63. The number of para-hydroxylation sites is 1. The number of nitrogens with zero attached hydrogens (tertiary/aromatic N) is 1. The minimum absolute atomic E-state index is 0.499. The van der Waals surface area contributed by atoms with E-state index in [-0.39, 0.29) is 0 Å². The summed E-state index contributed by atoms with van der Waals surface area (Å²) in [6.07, 6.45) is 0. The van der Waals surface area contributed by atoms with Crippen LogP contribution < -0.4 is 4.90 Å². The second kappa shape index (κ2) is 9.79. The van der Waals surface area contributed by atoms with Gasteiger partial charge in [-0.3, -0.25) is 0 Å². The Morgan fingerprint density at radius 2 is 0.979 bits per heavy atom. The van der Waals surface area contributed by atoms with Crippen molar-refractivity contribution in [3.63, 3.8) is 0 Å². The van der Waals surface area contributed by atoms with Crippen LogP contribution in [0.3, 0.4) is 0 Å². The molecular weight excluding hydrogens is 567 g/mol. The maximum Gasteiger partial charge on any atom is 0.0754 e. The van der Waals surface area contributed by atoms with Crippen molar-refractivity contribution < 1.29 is 0 Å². The van der Waals surface area contributed by atoms with E-state index in [9.17, 15) is 0 Å². The van der Waals surface area contributed by atoms with Crippen molar-refractivity contribution in [1.82, 2.24) is 0 Å². The fourth-order valence-corrected chi connectivity index (χ4v) is 8.56. The second-order valence-electron chi connectivity index (χ2n) is 13.0. The highest BCUT2D eigenvalue weighted by atomic mass is 15.2. The van der Waals surface area contributed by atoms with Crippen LogP contribution in [0.4, 0.5) is 17.1 Å². The first-order valence-electron chi connectivity index (χ1n) is 16.4. The molecule has 0 saturated carbocycles. The zero-order chi connectivity index (χ0) is 31.1. The molecule has 10 rings (SSSR count). The molecule has 8 aromatic rings. The number of anilines is 3. The smallest absolute Gasteiger partial charge is 0.0754 e. The first kappa shape index (κ1) is 26.3. The highest BCUT2D eigenvalue weighted by Gasteiger charge is 2.52. The van der Waals surface area contributed by atoms with E-state index in [0.29, 0.717) is 0 Å². The van der Waals surface area contributed by atoms with Gasteiger partial charge in [-0.15, -0.1) is 0 Å². The molecular formula is C46H31N. The van der Waals surface area contributed by atoms with Crippen LogP contribution >= 0.6 is 0 Å². The summed E-state index contributed by atoms with van der Waals surface area (Å²) in [5, 5.41) is 5.00. The lowest BCUT2D eigenvalue weighted by Gasteiger charge is -2.46. The van der Waals surface area contributed by atoms with Crippen molar-refractivity contribution in [2.24, 2.45) is 0 Å². The Morgan fingerprint density at radius 1 is 0.404 bits per heavy atom. The molecule has 47 heavy (non-hydrogen) atoms. The number of benzene rings is 8. The van der Waals surface area contributed by atoms with Gasteiger partial charge in [-0.25, -0.2) is 0 Å². The molecule has 1 nitrogen and oxygen atoms in total. The Kier molecular flexibility index (Phi) is 5.48. The topological polar surface area (TPSA) is 3.24 Å². The zero-order valence-corrected chi connectivity index (χ0v) is 26.1. The maximum absolute atomic E-state index is 2.54. The predicted molar refractivity (Wildman–Crippen MR) is 197 cm³/mol. The summed E-state index contributed by atoms with van der Waals surface area (Å²) in [6, 6.07) is 63.3. The Labute approximate surface area is 275 Å². The second-order valence-corrected chi connectivity index (χ2v) is 13.0. The van der Waals surface area contributed by atoms with E-state index in [0.717, 1.165) is 0 Å². The van der Waals surface area contributed by atoms with Gasteiger partial charge in [0.05, 0.1) is 16.8 Å². The van der Waals surface area contributed by atoms with Crippen LogP contribution in [0.1, 0.15) is 27.8 Å². The SMILES string of the molecule is Cc1cccc(-c2ccc3c(c2)-c2ccccc2C32c3ccc4ccccc4c3N(c3ccccc3)c3c2ccc2ccccc32)c1. The van der Waals surface area contributed by atoms with Gasteiger partial charge in [-0.2, -0.15) is 0 Å². The van der Waals surface area contributed by atoms with Crippen molar-refractivity contribution in [2.45, 2.75) is 12.3 Å². The molecule has 1 aliphatic heterocycles. The van der Waals surface area contributed by atoms with E-state index in [2.05, 4.69) is 182 Å². The molecule has 0 atom stereocenters. The Morgan fingerprint density at radius 3 is 1.68 bits per heavy atom. The average molecular weight is 598 g/mol. The number of hydrogen-bond acceptors (Lipinski definition) is 1. The van der Waals surface area contributed by atoms with Crippen LogP contribution in [-0.4, -0.2) is 0 Å². The van der Waals surface area contributed by atoms with E-state index < -0.39 is 5.41 Å². The summed E-state index contributed by atoms with van der Waals surface area (Å²) in [7, 11) is 0. The number of hydrogen-bond donors (Lipinski definition) is 0.